The zero-order chi connectivity index (χ0) is 12.5. The lowest BCUT2D eigenvalue weighted by atomic mass is 10.0. The fourth-order valence-electron chi connectivity index (χ4n) is 2.00. The van der Waals surface area contributed by atoms with Gasteiger partial charge in [0.2, 0.25) is 0 Å². The van der Waals surface area contributed by atoms with Gasteiger partial charge < -0.3 is 10.1 Å². The standard InChI is InChI=1S/C14H11NO2S/c16-13(14(17)12-6-3-7-18-12)10-8-15-11-5-2-1-4-9(10)11/h1-8,14-15,17H. The van der Waals surface area contributed by atoms with Crippen LogP contribution >= 0.6 is 11.3 Å². The maximum absolute atomic E-state index is 12.3. The second-order valence-corrected chi connectivity index (χ2v) is 5.01. The van der Waals surface area contributed by atoms with Crippen LogP contribution in [0.2, 0.25) is 0 Å². The Bertz CT molecular complexity index is 685. The van der Waals surface area contributed by atoms with Gasteiger partial charge in [0.25, 0.3) is 0 Å². The van der Waals surface area contributed by atoms with E-state index in [4.69, 9.17) is 0 Å². The summed E-state index contributed by atoms with van der Waals surface area (Å²) in [6.45, 7) is 0. The van der Waals surface area contributed by atoms with Gasteiger partial charge in [0.15, 0.2) is 11.9 Å². The molecule has 1 aromatic carbocycles. The fraction of sp³-hybridized carbons (Fsp3) is 0.0714. The van der Waals surface area contributed by atoms with Crippen LogP contribution in [0.4, 0.5) is 0 Å². The third kappa shape index (κ3) is 1.75. The predicted octanol–water partition coefficient (Wildman–Crippen LogP) is 3.15. The number of aliphatic hydroxyl groups excluding tert-OH is 1. The summed E-state index contributed by atoms with van der Waals surface area (Å²) >= 11 is 1.38. The third-order valence-electron chi connectivity index (χ3n) is 2.92. The molecule has 3 aromatic rings. The van der Waals surface area contributed by atoms with Crippen molar-refractivity contribution in [1.82, 2.24) is 4.98 Å². The van der Waals surface area contributed by atoms with Gasteiger partial charge >= 0.3 is 0 Å². The molecule has 0 radical (unpaired) electrons. The summed E-state index contributed by atoms with van der Waals surface area (Å²) < 4.78 is 0. The highest BCUT2D eigenvalue weighted by Gasteiger charge is 2.22. The van der Waals surface area contributed by atoms with Gasteiger partial charge in [-0.25, -0.2) is 0 Å². The molecule has 1 atom stereocenters. The van der Waals surface area contributed by atoms with Crippen molar-refractivity contribution in [3.05, 3.63) is 58.4 Å². The van der Waals surface area contributed by atoms with Crippen LogP contribution in [0.15, 0.2) is 48.0 Å². The van der Waals surface area contributed by atoms with Gasteiger partial charge in [0, 0.05) is 27.5 Å². The monoisotopic (exact) mass is 257 g/mol. The summed E-state index contributed by atoms with van der Waals surface area (Å²) in [6, 6.07) is 11.2. The number of nitrogens with one attached hydrogen (secondary N) is 1. The number of hydrogen-bond donors (Lipinski definition) is 2. The molecule has 18 heavy (non-hydrogen) atoms. The van der Waals surface area contributed by atoms with Crippen molar-refractivity contribution in [2.45, 2.75) is 6.10 Å². The molecule has 3 nitrogen and oxygen atoms in total. The van der Waals surface area contributed by atoms with Gasteiger partial charge in [-0.2, -0.15) is 0 Å². The number of aliphatic hydroxyl groups is 1. The maximum atomic E-state index is 12.3. The molecule has 0 bridgehead atoms. The van der Waals surface area contributed by atoms with Crippen LogP contribution in [0.1, 0.15) is 21.3 Å². The summed E-state index contributed by atoms with van der Waals surface area (Å²) in [5, 5.41) is 12.7. The Labute approximate surface area is 108 Å². The smallest absolute Gasteiger partial charge is 0.198 e. The van der Waals surface area contributed by atoms with E-state index < -0.39 is 6.10 Å². The molecule has 3 rings (SSSR count). The molecule has 0 aliphatic rings. The second kappa shape index (κ2) is 4.40. The first-order valence-electron chi connectivity index (χ1n) is 5.59. The van der Waals surface area contributed by atoms with Crippen LogP contribution in [0.3, 0.4) is 0 Å². The molecule has 0 saturated carbocycles. The van der Waals surface area contributed by atoms with E-state index in [1.54, 1.807) is 12.3 Å². The average Bonchev–Trinajstić information content (AvgIpc) is 3.06. The van der Waals surface area contributed by atoms with Gasteiger partial charge in [-0.05, 0) is 17.5 Å². The van der Waals surface area contributed by atoms with Crippen LogP contribution in [0.5, 0.6) is 0 Å². The molecule has 2 N–H and O–H groups in total. The lowest BCUT2D eigenvalue weighted by Gasteiger charge is -2.06. The molecular formula is C14H11NO2S. The Hall–Kier alpha value is -1.91. The van der Waals surface area contributed by atoms with Crippen molar-refractivity contribution < 1.29 is 9.90 Å². The quantitative estimate of drug-likeness (QED) is 0.708. The van der Waals surface area contributed by atoms with E-state index >= 15 is 0 Å². The van der Waals surface area contributed by atoms with E-state index in [1.807, 2.05) is 35.7 Å². The first-order valence-corrected chi connectivity index (χ1v) is 6.47. The highest BCUT2D eigenvalue weighted by atomic mass is 32.1. The van der Waals surface area contributed by atoms with Crippen molar-refractivity contribution in [3.8, 4) is 0 Å². The van der Waals surface area contributed by atoms with Gasteiger partial charge in [-0.1, -0.05) is 24.3 Å². The number of aromatic nitrogens is 1. The predicted molar refractivity (Wildman–Crippen MR) is 71.9 cm³/mol. The summed E-state index contributed by atoms with van der Waals surface area (Å²) in [6.07, 6.45) is 0.577. The fourth-order valence-corrected chi connectivity index (χ4v) is 2.71. The number of rotatable bonds is 3. The SMILES string of the molecule is O=C(c1c[nH]c2ccccc12)C(O)c1cccs1. The summed E-state index contributed by atoms with van der Waals surface area (Å²) in [7, 11) is 0. The van der Waals surface area contributed by atoms with E-state index in [-0.39, 0.29) is 5.78 Å². The van der Waals surface area contributed by atoms with E-state index in [1.165, 1.54) is 11.3 Å². The minimum absolute atomic E-state index is 0.269. The lowest BCUT2D eigenvalue weighted by Crippen LogP contribution is -2.10. The Morgan fingerprint density at radius 1 is 1.22 bits per heavy atom. The Morgan fingerprint density at radius 2 is 2.06 bits per heavy atom. The van der Waals surface area contributed by atoms with Crippen molar-refractivity contribution >= 4 is 28.0 Å². The molecule has 1 unspecified atom stereocenters. The normalized spacial score (nSPS) is 12.7. The minimum atomic E-state index is -1.08. The molecule has 0 fully saturated rings. The van der Waals surface area contributed by atoms with E-state index in [9.17, 15) is 9.90 Å². The van der Waals surface area contributed by atoms with Crippen molar-refractivity contribution in [3.63, 3.8) is 0 Å². The largest absolute Gasteiger partial charge is 0.379 e. The number of carbonyl (C=O) groups is 1. The number of carbonyl (C=O) groups excluding carboxylic acids is 1. The molecule has 90 valence electrons. The summed E-state index contributed by atoms with van der Waals surface area (Å²) in [4.78, 5) is 16.0. The number of para-hydroxylation sites is 1. The average molecular weight is 257 g/mol. The van der Waals surface area contributed by atoms with Crippen molar-refractivity contribution in [2.75, 3.05) is 0 Å². The molecule has 0 amide bonds. The molecule has 0 saturated heterocycles. The van der Waals surface area contributed by atoms with Crippen LogP contribution in [0.25, 0.3) is 10.9 Å². The van der Waals surface area contributed by atoms with Gasteiger partial charge in [-0.15, -0.1) is 11.3 Å². The van der Waals surface area contributed by atoms with Crippen LogP contribution < -0.4 is 0 Å². The number of ketones is 1. The molecule has 4 heteroatoms. The molecule has 0 aliphatic heterocycles. The van der Waals surface area contributed by atoms with Crippen LogP contribution in [-0.2, 0) is 0 Å². The topological polar surface area (TPSA) is 53.1 Å². The number of benzene rings is 1. The first-order chi connectivity index (χ1) is 8.77. The molecular weight excluding hydrogens is 246 g/mol. The first kappa shape index (κ1) is 11.2. The number of thiophene rings is 1. The Morgan fingerprint density at radius 3 is 2.83 bits per heavy atom. The lowest BCUT2D eigenvalue weighted by molar-refractivity contribution is 0.0755. The Balaban J connectivity index is 2.02. The molecule has 2 heterocycles. The zero-order valence-electron chi connectivity index (χ0n) is 9.46. The van der Waals surface area contributed by atoms with Crippen molar-refractivity contribution in [1.29, 1.82) is 0 Å². The number of H-pyrrole nitrogens is 1. The Kier molecular flexibility index (Phi) is 2.74. The molecule has 2 aromatic heterocycles. The summed E-state index contributed by atoms with van der Waals surface area (Å²) in [5.41, 5.74) is 1.44. The molecule has 0 aliphatic carbocycles. The van der Waals surface area contributed by atoms with E-state index in [0.717, 1.165) is 10.9 Å². The number of fused-ring (bicyclic) bond motifs is 1. The highest BCUT2D eigenvalue weighted by molar-refractivity contribution is 7.10. The minimum Gasteiger partial charge on any atom is -0.379 e. The maximum Gasteiger partial charge on any atom is 0.198 e. The van der Waals surface area contributed by atoms with Crippen LogP contribution in [-0.4, -0.2) is 15.9 Å². The van der Waals surface area contributed by atoms with Crippen LogP contribution in [0, 0.1) is 0 Å². The third-order valence-corrected chi connectivity index (χ3v) is 3.84. The number of Topliss-reactive ketones (excluding diaryl/α,β-unsaturated/α-hetero) is 1. The second-order valence-electron chi connectivity index (χ2n) is 4.03. The number of aromatic amines is 1. The van der Waals surface area contributed by atoms with Crippen molar-refractivity contribution in [2.24, 2.45) is 0 Å². The highest BCUT2D eigenvalue weighted by Crippen LogP contribution is 2.26. The van der Waals surface area contributed by atoms with E-state index in [2.05, 4.69) is 4.98 Å². The number of hydrogen-bond acceptors (Lipinski definition) is 3. The molecule has 0 spiro atoms. The van der Waals surface area contributed by atoms with Gasteiger partial charge in [-0.3, -0.25) is 4.79 Å². The van der Waals surface area contributed by atoms with E-state index in [0.29, 0.717) is 10.4 Å². The summed E-state index contributed by atoms with van der Waals surface area (Å²) in [5.74, 6) is -0.269. The zero-order valence-corrected chi connectivity index (χ0v) is 10.3. The van der Waals surface area contributed by atoms with Gasteiger partial charge in [0.1, 0.15) is 0 Å². The van der Waals surface area contributed by atoms with Gasteiger partial charge in [0.05, 0.1) is 0 Å².